The zero-order valence-electron chi connectivity index (χ0n) is 13.5. The highest BCUT2D eigenvalue weighted by Gasteiger charge is 2.24. The predicted molar refractivity (Wildman–Crippen MR) is 88.2 cm³/mol. The van der Waals surface area contributed by atoms with Crippen molar-refractivity contribution in [1.29, 1.82) is 0 Å². The van der Waals surface area contributed by atoms with Crippen LogP contribution in [0.15, 0.2) is 30.5 Å². The lowest BCUT2D eigenvalue weighted by Crippen LogP contribution is -2.36. The number of aromatic nitrogens is 2. The van der Waals surface area contributed by atoms with E-state index < -0.39 is 0 Å². The minimum absolute atomic E-state index is 0.0765. The highest BCUT2D eigenvalue weighted by atomic mass is 19.1. The fourth-order valence-electron chi connectivity index (χ4n) is 3.58. The number of fused-ring (bicyclic) bond motifs is 1. The van der Waals surface area contributed by atoms with Gasteiger partial charge < -0.3 is 10.2 Å². The first-order valence-electron chi connectivity index (χ1n) is 8.53. The van der Waals surface area contributed by atoms with E-state index in [1.54, 1.807) is 11.0 Å². The van der Waals surface area contributed by atoms with Gasteiger partial charge >= 0.3 is 0 Å². The SMILES string of the molecule is O=C(c1ccn(C2CCCNC2)n1)N1CCc2ccc(F)cc2C1. The molecule has 126 valence electrons. The molecule has 24 heavy (non-hydrogen) atoms. The number of rotatable bonds is 2. The molecular weight excluding hydrogens is 307 g/mol. The number of halogens is 1. The van der Waals surface area contributed by atoms with Crippen LogP contribution in [0.1, 0.15) is 40.5 Å². The lowest BCUT2D eigenvalue weighted by molar-refractivity contribution is 0.0727. The van der Waals surface area contributed by atoms with Crippen LogP contribution in [0.5, 0.6) is 0 Å². The second-order valence-corrected chi connectivity index (χ2v) is 6.57. The quantitative estimate of drug-likeness (QED) is 0.919. The van der Waals surface area contributed by atoms with Crippen molar-refractivity contribution >= 4 is 5.91 Å². The monoisotopic (exact) mass is 328 g/mol. The molecule has 1 saturated heterocycles. The van der Waals surface area contributed by atoms with Gasteiger partial charge in [-0.3, -0.25) is 9.48 Å². The zero-order valence-corrected chi connectivity index (χ0v) is 13.5. The Morgan fingerprint density at radius 2 is 2.21 bits per heavy atom. The number of carbonyl (C=O) groups is 1. The lowest BCUT2D eigenvalue weighted by atomic mass is 9.99. The highest BCUT2D eigenvalue weighted by Crippen LogP contribution is 2.22. The second kappa shape index (κ2) is 6.36. The van der Waals surface area contributed by atoms with Gasteiger partial charge in [0.15, 0.2) is 0 Å². The van der Waals surface area contributed by atoms with Crippen LogP contribution in [0.2, 0.25) is 0 Å². The van der Waals surface area contributed by atoms with Gasteiger partial charge in [0, 0.05) is 25.8 Å². The van der Waals surface area contributed by atoms with Crippen molar-refractivity contribution in [3.8, 4) is 0 Å². The first kappa shape index (κ1) is 15.3. The highest BCUT2D eigenvalue weighted by molar-refractivity contribution is 5.92. The van der Waals surface area contributed by atoms with E-state index in [1.165, 1.54) is 12.1 Å². The molecule has 6 heteroatoms. The summed E-state index contributed by atoms with van der Waals surface area (Å²) in [7, 11) is 0. The first-order valence-corrected chi connectivity index (χ1v) is 8.53. The van der Waals surface area contributed by atoms with E-state index in [0.717, 1.165) is 43.5 Å². The first-order chi connectivity index (χ1) is 11.7. The van der Waals surface area contributed by atoms with Crippen LogP contribution >= 0.6 is 0 Å². The van der Waals surface area contributed by atoms with Crippen molar-refractivity contribution in [2.45, 2.75) is 31.8 Å². The summed E-state index contributed by atoms with van der Waals surface area (Å²) in [5.74, 6) is -0.329. The Labute approximate surface area is 140 Å². The van der Waals surface area contributed by atoms with Gasteiger partial charge in [-0.2, -0.15) is 5.10 Å². The molecule has 5 nitrogen and oxygen atoms in total. The van der Waals surface area contributed by atoms with Gasteiger partial charge in [-0.15, -0.1) is 0 Å². The summed E-state index contributed by atoms with van der Waals surface area (Å²) >= 11 is 0. The number of hydrogen-bond donors (Lipinski definition) is 1. The predicted octanol–water partition coefficient (Wildman–Crippen LogP) is 2.15. The third-order valence-electron chi connectivity index (χ3n) is 4.94. The molecule has 1 amide bonds. The molecule has 1 fully saturated rings. The minimum Gasteiger partial charge on any atom is -0.333 e. The molecule has 1 aromatic carbocycles. The molecule has 2 aliphatic rings. The molecular formula is C18H21FN4O. The van der Waals surface area contributed by atoms with Crippen molar-refractivity contribution in [2.75, 3.05) is 19.6 Å². The largest absolute Gasteiger partial charge is 0.333 e. The summed E-state index contributed by atoms with van der Waals surface area (Å²) in [4.78, 5) is 14.5. The van der Waals surface area contributed by atoms with Crippen molar-refractivity contribution < 1.29 is 9.18 Å². The molecule has 0 spiro atoms. The van der Waals surface area contributed by atoms with E-state index >= 15 is 0 Å². The maximum absolute atomic E-state index is 13.4. The van der Waals surface area contributed by atoms with Crippen molar-refractivity contribution in [3.05, 3.63) is 53.1 Å². The Hall–Kier alpha value is -2.21. The summed E-state index contributed by atoms with van der Waals surface area (Å²) in [6, 6.07) is 6.93. The van der Waals surface area contributed by atoms with E-state index in [-0.39, 0.29) is 11.7 Å². The number of amides is 1. The van der Waals surface area contributed by atoms with Crippen LogP contribution in [0, 0.1) is 5.82 Å². The molecule has 0 aliphatic carbocycles. The summed E-state index contributed by atoms with van der Waals surface area (Å²) in [5, 5.41) is 7.85. The van der Waals surface area contributed by atoms with Gasteiger partial charge in [0.1, 0.15) is 11.5 Å². The number of nitrogens with zero attached hydrogens (tertiary/aromatic N) is 3. The maximum atomic E-state index is 13.4. The number of hydrogen-bond acceptors (Lipinski definition) is 3. The zero-order chi connectivity index (χ0) is 16.5. The fraction of sp³-hybridized carbons (Fsp3) is 0.444. The molecule has 1 N–H and O–H groups in total. The Bertz CT molecular complexity index is 751. The summed E-state index contributed by atoms with van der Waals surface area (Å²) in [6.45, 7) is 3.04. The van der Waals surface area contributed by atoms with Gasteiger partial charge in [-0.05, 0) is 55.1 Å². The van der Waals surface area contributed by atoms with Crippen LogP contribution in [-0.4, -0.2) is 40.2 Å². The smallest absolute Gasteiger partial charge is 0.274 e. The molecule has 1 atom stereocenters. The molecule has 0 saturated carbocycles. The molecule has 3 heterocycles. The van der Waals surface area contributed by atoms with E-state index in [2.05, 4.69) is 10.4 Å². The van der Waals surface area contributed by atoms with Crippen LogP contribution in [0.25, 0.3) is 0 Å². The van der Waals surface area contributed by atoms with Gasteiger partial charge in [-0.25, -0.2) is 4.39 Å². The maximum Gasteiger partial charge on any atom is 0.274 e. The summed E-state index contributed by atoms with van der Waals surface area (Å²) in [5.41, 5.74) is 2.49. The molecule has 4 rings (SSSR count). The number of benzene rings is 1. The van der Waals surface area contributed by atoms with Crippen molar-refractivity contribution in [2.24, 2.45) is 0 Å². The molecule has 1 unspecified atom stereocenters. The third-order valence-corrected chi connectivity index (χ3v) is 4.94. The average Bonchev–Trinajstić information content (AvgIpc) is 3.11. The number of carbonyl (C=O) groups excluding carboxylic acids is 1. The average molecular weight is 328 g/mol. The molecule has 2 aliphatic heterocycles. The van der Waals surface area contributed by atoms with Gasteiger partial charge in [0.2, 0.25) is 0 Å². The lowest BCUT2D eigenvalue weighted by Gasteiger charge is -2.28. The van der Waals surface area contributed by atoms with Crippen LogP contribution in [-0.2, 0) is 13.0 Å². The van der Waals surface area contributed by atoms with E-state index in [0.29, 0.717) is 24.8 Å². The standard InChI is InChI=1S/C18H21FN4O/c19-15-4-3-13-5-8-22(12-14(13)10-15)18(24)17-6-9-23(21-17)16-2-1-7-20-11-16/h3-4,6,9-10,16,20H,1-2,5,7-8,11-12H2. The Balaban J connectivity index is 1.49. The van der Waals surface area contributed by atoms with Crippen molar-refractivity contribution in [1.82, 2.24) is 20.0 Å². The topological polar surface area (TPSA) is 50.2 Å². The number of piperidine rings is 1. The summed E-state index contributed by atoms with van der Waals surface area (Å²) < 4.78 is 15.3. The van der Waals surface area contributed by atoms with E-state index in [4.69, 9.17) is 0 Å². The normalized spacial score (nSPS) is 20.7. The van der Waals surface area contributed by atoms with E-state index in [1.807, 2.05) is 16.9 Å². The second-order valence-electron chi connectivity index (χ2n) is 6.57. The fourth-order valence-corrected chi connectivity index (χ4v) is 3.58. The third kappa shape index (κ3) is 2.94. The molecule has 1 aromatic heterocycles. The van der Waals surface area contributed by atoms with Gasteiger partial charge in [-0.1, -0.05) is 6.07 Å². The van der Waals surface area contributed by atoms with Crippen LogP contribution < -0.4 is 5.32 Å². The Morgan fingerprint density at radius 1 is 1.29 bits per heavy atom. The van der Waals surface area contributed by atoms with Gasteiger partial charge in [0.05, 0.1) is 6.04 Å². The minimum atomic E-state index is -0.253. The molecule has 0 radical (unpaired) electrons. The molecule has 0 bridgehead atoms. The molecule has 2 aromatic rings. The van der Waals surface area contributed by atoms with Crippen LogP contribution in [0.4, 0.5) is 4.39 Å². The van der Waals surface area contributed by atoms with Crippen LogP contribution in [0.3, 0.4) is 0 Å². The number of nitrogens with one attached hydrogen (secondary N) is 1. The van der Waals surface area contributed by atoms with Crippen molar-refractivity contribution in [3.63, 3.8) is 0 Å². The Kier molecular flexibility index (Phi) is 4.06. The van der Waals surface area contributed by atoms with E-state index in [9.17, 15) is 9.18 Å². The Morgan fingerprint density at radius 3 is 3.04 bits per heavy atom. The van der Waals surface area contributed by atoms with Gasteiger partial charge in [0.25, 0.3) is 5.91 Å². The summed E-state index contributed by atoms with van der Waals surface area (Å²) in [6.07, 6.45) is 4.86.